The topological polar surface area (TPSA) is 76.7 Å². The van der Waals surface area contributed by atoms with Crippen molar-refractivity contribution >= 4 is 29.1 Å². The molecule has 3 N–H and O–H groups in total. The first-order valence-electron chi connectivity index (χ1n) is 5.43. The normalized spacial score (nSPS) is 10.8. The average Bonchev–Trinajstić information content (AvgIpc) is 2.69. The molecule has 18 heavy (non-hydrogen) atoms. The molecule has 0 aliphatic rings. The van der Waals surface area contributed by atoms with Crippen LogP contribution in [-0.4, -0.2) is 14.8 Å². The van der Waals surface area contributed by atoms with Crippen molar-refractivity contribution in [3.05, 3.63) is 39.3 Å². The summed E-state index contributed by atoms with van der Waals surface area (Å²) < 4.78 is 1.58. The number of thioether (sulfide) groups is 1. The van der Waals surface area contributed by atoms with Gasteiger partial charge in [0.05, 0.1) is 0 Å². The molecule has 96 valence electrons. The maximum atomic E-state index is 11.4. The minimum Gasteiger partial charge on any atom is -0.399 e. The first kappa shape index (κ1) is 13.0. The fraction of sp³-hybridized carbons (Fsp3) is 0.273. The highest BCUT2D eigenvalue weighted by Crippen LogP contribution is 2.26. The molecule has 1 aromatic carbocycles. The van der Waals surface area contributed by atoms with E-state index in [1.807, 2.05) is 13.0 Å². The van der Waals surface area contributed by atoms with Crippen LogP contribution in [0.5, 0.6) is 0 Å². The number of hydrogen-bond donors (Lipinski definition) is 2. The molecule has 0 fully saturated rings. The minimum atomic E-state index is -0.191. The van der Waals surface area contributed by atoms with E-state index in [-0.39, 0.29) is 5.69 Å². The van der Waals surface area contributed by atoms with Crippen LogP contribution in [0.15, 0.2) is 28.2 Å². The molecule has 0 atom stereocenters. The van der Waals surface area contributed by atoms with Crippen molar-refractivity contribution in [3.63, 3.8) is 0 Å². The van der Waals surface area contributed by atoms with Crippen molar-refractivity contribution in [3.8, 4) is 0 Å². The van der Waals surface area contributed by atoms with Crippen molar-refractivity contribution in [2.45, 2.75) is 24.4 Å². The van der Waals surface area contributed by atoms with Gasteiger partial charge >= 0.3 is 5.69 Å². The predicted octanol–water partition coefficient (Wildman–Crippen LogP) is 2.12. The fourth-order valence-electron chi connectivity index (χ4n) is 1.52. The second-order valence-corrected chi connectivity index (χ2v) is 5.04. The Morgan fingerprint density at radius 1 is 1.56 bits per heavy atom. The second-order valence-electron chi connectivity index (χ2n) is 3.70. The Morgan fingerprint density at radius 2 is 2.33 bits per heavy atom. The number of aromatic amines is 1. The number of nitrogens with one attached hydrogen (secondary N) is 1. The number of benzene rings is 1. The van der Waals surface area contributed by atoms with Gasteiger partial charge < -0.3 is 5.73 Å². The molecular weight excluding hydrogens is 272 g/mol. The number of rotatable bonds is 4. The highest BCUT2D eigenvalue weighted by Gasteiger charge is 2.08. The van der Waals surface area contributed by atoms with Gasteiger partial charge in [0.2, 0.25) is 0 Å². The molecule has 7 heteroatoms. The summed E-state index contributed by atoms with van der Waals surface area (Å²) in [5.41, 5.74) is 7.04. The van der Waals surface area contributed by atoms with E-state index < -0.39 is 0 Å². The van der Waals surface area contributed by atoms with Gasteiger partial charge in [-0.05, 0) is 24.6 Å². The number of H-pyrrole nitrogens is 1. The molecule has 0 aliphatic heterocycles. The van der Waals surface area contributed by atoms with E-state index in [1.165, 1.54) is 11.8 Å². The van der Waals surface area contributed by atoms with Crippen LogP contribution in [0.2, 0.25) is 5.02 Å². The highest BCUT2D eigenvalue weighted by molar-refractivity contribution is 7.98. The van der Waals surface area contributed by atoms with Gasteiger partial charge in [0, 0.05) is 23.0 Å². The number of aromatic nitrogens is 3. The van der Waals surface area contributed by atoms with Crippen LogP contribution >= 0.6 is 23.4 Å². The molecule has 0 saturated carbocycles. The Kier molecular flexibility index (Phi) is 3.98. The molecule has 1 heterocycles. The molecule has 0 aliphatic carbocycles. The maximum absolute atomic E-state index is 11.4. The second kappa shape index (κ2) is 5.49. The molecule has 1 aromatic heterocycles. The number of halogens is 1. The summed E-state index contributed by atoms with van der Waals surface area (Å²) in [7, 11) is 0. The van der Waals surface area contributed by atoms with E-state index in [0.717, 1.165) is 5.56 Å². The number of hydrogen-bond acceptors (Lipinski definition) is 4. The van der Waals surface area contributed by atoms with E-state index in [1.54, 1.807) is 16.7 Å². The van der Waals surface area contributed by atoms with E-state index in [4.69, 9.17) is 17.3 Å². The summed E-state index contributed by atoms with van der Waals surface area (Å²) >= 11 is 7.55. The van der Waals surface area contributed by atoms with Crippen LogP contribution in [0.3, 0.4) is 0 Å². The van der Waals surface area contributed by atoms with Gasteiger partial charge in [-0.25, -0.2) is 9.89 Å². The van der Waals surface area contributed by atoms with Crippen molar-refractivity contribution in [1.29, 1.82) is 0 Å². The van der Waals surface area contributed by atoms with E-state index >= 15 is 0 Å². The molecule has 0 amide bonds. The van der Waals surface area contributed by atoms with Crippen LogP contribution in [0.4, 0.5) is 5.69 Å². The van der Waals surface area contributed by atoms with E-state index in [0.29, 0.717) is 28.2 Å². The third kappa shape index (κ3) is 2.70. The van der Waals surface area contributed by atoms with Crippen LogP contribution in [0.1, 0.15) is 12.5 Å². The van der Waals surface area contributed by atoms with Crippen LogP contribution in [-0.2, 0) is 12.3 Å². The first-order chi connectivity index (χ1) is 8.61. The quantitative estimate of drug-likeness (QED) is 0.666. The minimum absolute atomic E-state index is 0.191. The number of nitrogens with two attached hydrogens (primary N) is 1. The first-order valence-corrected chi connectivity index (χ1v) is 6.80. The lowest BCUT2D eigenvalue weighted by Crippen LogP contribution is -2.16. The molecule has 0 bridgehead atoms. The highest BCUT2D eigenvalue weighted by atomic mass is 35.5. The van der Waals surface area contributed by atoms with Crippen molar-refractivity contribution < 1.29 is 0 Å². The number of nitrogen functional groups attached to an aromatic ring is 1. The average molecular weight is 285 g/mol. The van der Waals surface area contributed by atoms with Crippen LogP contribution in [0.25, 0.3) is 0 Å². The summed E-state index contributed by atoms with van der Waals surface area (Å²) in [5.74, 6) is 0.642. The van der Waals surface area contributed by atoms with Gasteiger partial charge in [0.25, 0.3) is 0 Å². The molecule has 0 spiro atoms. The molecule has 0 unspecified atom stereocenters. The standard InChI is InChI=1S/C11H13ClN4OS/c1-2-16-10(17)14-15-11(16)18-6-7-3-4-8(13)5-9(7)12/h3-5H,2,6,13H2,1H3,(H,14,17). The van der Waals surface area contributed by atoms with Crippen molar-refractivity contribution in [2.75, 3.05) is 5.73 Å². The van der Waals surface area contributed by atoms with Gasteiger partial charge in [0.15, 0.2) is 5.16 Å². The molecule has 0 radical (unpaired) electrons. The van der Waals surface area contributed by atoms with E-state index in [9.17, 15) is 4.79 Å². The lowest BCUT2D eigenvalue weighted by atomic mass is 10.2. The van der Waals surface area contributed by atoms with Crippen molar-refractivity contribution in [1.82, 2.24) is 14.8 Å². The molecule has 2 rings (SSSR count). The Morgan fingerprint density at radius 3 is 3.00 bits per heavy atom. The lowest BCUT2D eigenvalue weighted by molar-refractivity contribution is 0.660. The summed E-state index contributed by atoms with van der Waals surface area (Å²) in [5, 5.41) is 7.69. The Balaban J connectivity index is 2.14. The Bertz CT molecular complexity index is 607. The fourth-order valence-corrected chi connectivity index (χ4v) is 2.86. The predicted molar refractivity (Wildman–Crippen MR) is 73.9 cm³/mol. The Hall–Kier alpha value is -1.40. The van der Waals surface area contributed by atoms with Crippen LogP contribution < -0.4 is 11.4 Å². The van der Waals surface area contributed by atoms with Gasteiger partial charge in [-0.2, -0.15) is 0 Å². The van der Waals surface area contributed by atoms with Gasteiger partial charge in [-0.15, -0.1) is 5.10 Å². The van der Waals surface area contributed by atoms with Gasteiger partial charge in [0.1, 0.15) is 0 Å². The summed E-state index contributed by atoms with van der Waals surface area (Å²) in [6.07, 6.45) is 0. The molecule has 0 saturated heterocycles. The number of anilines is 1. The van der Waals surface area contributed by atoms with Crippen LogP contribution in [0, 0.1) is 0 Å². The third-order valence-corrected chi connectivity index (χ3v) is 3.85. The monoisotopic (exact) mass is 284 g/mol. The van der Waals surface area contributed by atoms with Gasteiger partial charge in [-0.3, -0.25) is 4.57 Å². The zero-order valence-corrected chi connectivity index (χ0v) is 11.4. The zero-order chi connectivity index (χ0) is 13.1. The SMILES string of the molecule is CCn1c(SCc2ccc(N)cc2Cl)n[nH]c1=O. The lowest BCUT2D eigenvalue weighted by Gasteiger charge is -2.05. The third-order valence-electron chi connectivity index (χ3n) is 2.47. The summed E-state index contributed by atoms with van der Waals surface area (Å²) in [4.78, 5) is 11.4. The summed E-state index contributed by atoms with van der Waals surface area (Å²) in [6, 6.07) is 5.40. The largest absolute Gasteiger partial charge is 0.399 e. The Labute approximate surface area is 113 Å². The summed E-state index contributed by atoms with van der Waals surface area (Å²) in [6.45, 7) is 2.49. The van der Waals surface area contributed by atoms with Crippen molar-refractivity contribution in [2.24, 2.45) is 0 Å². The molecule has 2 aromatic rings. The van der Waals surface area contributed by atoms with Gasteiger partial charge in [-0.1, -0.05) is 29.4 Å². The number of nitrogens with zero attached hydrogens (tertiary/aromatic N) is 2. The maximum Gasteiger partial charge on any atom is 0.343 e. The molecule has 5 nitrogen and oxygen atoms in total. The zero-order valence-electron chi connectivity index (χ0n) is 9.81. The van der Waals surface area contributed by atoms with E-state index in [2.05, 4.69) is 10.2 Å². The molecular formula is C11H13ClN4OS. The smallest absolute Gasteiger partial charge is 0.343 e.